The van der Waals surface area contributed by atoms with Gasteiger partial charge in [-0.05, 0) is 37.5 Å². The molecule has 1 nitrogen and oxygen atoms in total. The van der Waals surface area contributed by atoms with Crippen molar-refractivity contribution >= 4 is 11.6 Å². The van der Waals surface area contributed by atoms with Crippen molar-refractivity contribution in [2.24, 2.45) is 11.8 Å². The summed E-state index contributed by atoms with van der Waals surface area (Å²) in [6.07, 6.45) is 4.61. The molecule has 0 aromatic rings. The molecule has 0 aromatic heterocycles. The first-order chi connectivity index (χ1) is 6.11. The lowest BCUT2D eigenvalue weighted by atomic mass is 9.63. The van der Waals surface area contributed by atoms with Crippen LogP contribution in [-0.4, -0.2) is 17.6 Å². The topological polar surface area (TPSA) is 9.23 Å². The van der Waals surface area contributed by atoms with Crippen LogP contribution >= 0.6 is 11.6 Å². The van der Waals surface area contributed by atoms with Crippen LogP contribution in [0.1, 0.15) is 39.5 Å². The van der Waals surface area contributed by atoms with Crippen molar-refractivity contribution in [3.63, 3.8) is 0 Å². The van der Waals surface area contributed by atoms with Gasteiger partial charge in [-0.1, -0.05) is 13.8 Å². The van der Waals surface area contributed by atoms with Crippen LogP contribution in [0.5, 0.6) is 0 Å². The van der Waals surface area contributed by atoms with E-state index in [1.165, 1.54) is 12.8 Å². The lowest BCUT2D eigenvalue weighted by molar-refractivity contribution is -0.160. The summed E-state index contributed by atoms with van der Waals surface area (Å²) >= 11 is 6.16. The molecule has 2 heteroatoms. The van der Waals surface area contributed by atoms with E-state index in [-0.39, 0.29) is 5.60 Å². The molecule has 0 bridgehead atoms. The van der Waals surface area contributed by atoms with Gasteiger partial charge in [0, 0.05) is 12.0 Å². The maximum Gasteiger partial charge on any atom is 0.0702 e. The molecule has 1 aliphatic carbocycles. The van der Waals surface area contributed by atoms with Crippen LogP contribution < -0.4 is 0 Å². The van der Waals surface area contributed by atoms with Crippen LogP contribution in [0.15, 0.2) is 0 Å². The molecule has 2 aliphatic rings. The molecule has 1 heterocycles. The van der Waals surface area contributed by atoms with Gasteiger partial charge in [0.05, 0.1) is 5.60 Å². The third kappa shape index (κ3) is 1.87. The molecule has 1 unspecified atom stereocenters. The predicted molar refractivity (Wildman–Crippen MR) is 55.1 cm³/mol. The summed E-state index contributed by atoms with van der Waals surface area (Å²) in [7, 11) is 0. The van der Waals surface area contributed by atoms with Crippen molar-refractivity contribution in [1.29, 1.82) is 0 Å². The molecule has 2 rings (SSSR count). The first kappa shape index (κ1) is 9.79. The Bertz CT molecular complexity index is 185. The van der Waals surface area contributed by atoms with Crippen LogP contribution in [0.25, 0.3) is 0 Å². The SMILES string of the molecule is CC(C)C1CC2(CC(Cl)CCO2)C1. The maximum atomic E-state index is 6.16. The van der Waals surface area contributed by atoms with Gasteiger partial charge in [0.25, 0.3) is 0 Å². The maximum absolute atomic E-state index is 6.16. The Morgan fingerprint density at radius 1 is 1.31 bits per heavy atom. The van der Waals surface area contributed by atoms with Gasteiger partial charge >= 0.3 is 0 Å². The van der Waals surface area contributed by atoms with Crippen molar-refractivity contribution in [3.8, 4) is 0 Å². The second-order valence-corrected chi connectivity index (χ2v) is 5.65. The van der Waals surface area contributed by atoms with Gasteiger partial charge in [0.2, 0.25) is 0 Å². The number of halogens is 1. The normalized spacial score (nSPS) is 45.2. The van der Waals surface area contributed by atoms with Gasteiger partial charge in [-0.3, -0.25) is 0 Å². The first-order valence-corrected chi connectivity index (χ1v) is 5.83. The zero-order valence-corrected chi connectivity index (χ0v) is 9.31. The first-order valence-electron chi connectivity index (χ1n) is 5.39. The second kappa shape index (κ2) is 3.43. The summed E-state index contributed by atoms with van der Waals surface area (Å²) in [5.74, 6) is 1.69. The number of alkyl halides is 1. The highest BCUT2D eigenvalue weighted by Crippen LogP contribution is 2.49. The van der Waals surface area contributed by atoms with Crippen LogP contribution in [0.4, 0.5) is 0 Å². The van der Waals surface area contributed by atoms with E-state index >= 15 is 0 Å². The summed E-state index contributed by atoms with van der Waals surface area (Å²) in [6, 6.07) is 0. The van der Waals surface area contributed by atoms with Gasteiger partial charge in [-0.2, -0.15) is 0 Å². The summed E-state index contributed by atoms with van der Waals surface area (Å²) in [4.78, 5) is 0. The molecule has 0 radical (unpaired) electrons. The lowest BCUT2D eigenvalue weighted by Crippen LogP contribution is -2.52. The molecule has 0 aromatic carbocycles. The number of rotatable bonds is 1. The molecule has 1 spiro atoms. The molecule has 1 saturated carbocycles. The summed E-state index contributed by atoms with van der Waals surface area (Å²) < 4.78 is 5.87. The van der Waals surface area contributed by atoms with E-state index in [0.717, 1.165) is 31.3 Å². The summed E-state index contributed by atoms with van der Waals surface area (Å²) in [5, 5.41) is 0.363. The largest absolute Gasteiger partial charge is 0.375 e. The zero-order valence-electron chi connectivity index (χ0n) is 8.55. The molecule has 1 aliphatic heterocycles. The van der Waals surface area contributed by atoms with Crippen LogP contribution in [0.2, 0.25) is 0 Å². The molecule has 0 N–H and O–H groups in total. The fraction of sp³-hybridized carbons (Fsp3) is 1.00. The molecule has 2 fully saturated rings. The highest BCUT2D eigenvalue weighted by molar-refractivity contribution is 6.20. The number of hydrogen-bond acceptors (Lipinski definition) is 1. The molecular formula is C11H19ClO. The quantitative estimate of drug-likeness (QED) is 0.594. The monoisotopic (exact) mass is 202 g/mol. The van der Waals surface area contributed by atoms with Gasteiger partial charge in [0.15, 0.2) is 0 Å². The van der Waals surface area contributed by atoms with E-state index in [1.54, 1.807) is 0 Å². The minimum absolute atomic E-state index is 0.194. The Kier molecular flexibility index (Phi) is 2.59. The Balaban J connectivity index is 1.88. The zero-order chi connectivity index (χ0) is 9.47. The Labute approximate surface area is 85.8 Å². The van der Waals surface area contributed by atoms with Crippen molar-refractivity contribution in [3.05, 3.63) is 0 Å². The fourth-order valence-corrected chi connectivity index (χ4v) is 2.99. The Morgan fingerprint density at radius 2 is 2.00 bits per heavy atom. The van der Waals surface area contributed by atoms with Crippen molar-refractivity contribution in [2.45, 2.75) is 50.5 Å². The average Bonchev–Trinajstić information content (AvgIpc) is 1.99. The van der Waals surface area contributed by atoms with Crippen LogP contribution in [0.3, 0.4) is 0 Å². The predicted octanol–water partition coefficient (Wildman–Crippen LogP) is 3.21. The number of hydrogen-bond donors (Lipinski definition) is 0. The highest BCUT2D eigenvalue weighted by Gasteiger charge is 2.48. The molecule has 0 amide bonds. The third-order valence-electron chi connectivity index (χ3n) is 3.64. The molecular weight excluding hydrogens is 184 g/mol. The lowest BCUT2D eigenvalue weighted by Gasteiger charge is -2.52. The molecule has 76 valence electrons. The van der Waals surface area contributed by atoms with Crippen molar-refractivity contribution in [2.75, 3.05) is 6.61 Å². The van der Waals surface area contributed by atoms with Crippen LogP contribution in [0, 0.1) is 11.8 Å². The number of ether oxygens (including phenoxy) is 1. The standard InChI is InChI=1S/C11H19ClO/c1-8(2)9-5-11(6-9)7-10(12)3-4-13-11/h8-10H,3-7H2,1-2H3. The Hall–Kier alpha value is 0.250. The summed E-state index contributed by atoms with van der Waals surface area (Å²) in [5.41, 5.74) is 0.194. The Morgan fingerprint density at radius 3 is 2.54 bits per heavy atom. The van der Waals surface area contributed by atoms with E-state index < -0.39 is 0 Å². The minimum atomic E-state index is 0.194. The van der Waals surface area contributed by atoms with Gasteiger partial charge in [0.1, 0.15) is 0 Å². The van der Waals surface area contributed by atoms with Gasteiger partial charge in [-0.15, -0.1) is 11.6 Å². The van der Waals surface area contributed by atoms with Crippen LogP contribution in [-0.2, 0) is 4.74 Å². The minimum Gasteiger partial charge on any atom is -0.375 e. The average molecular weight is 203 g/mol. The van der Waals surface area contributed by atoms with Gasteiger partial charge in [-0.25, -0.2) is 0 Å². The molecule has 13 heavy (non-hydrogen) atoms. The van der Waals surface area contributed by atoms with Gasteiger partial charge < -0.3 is 4.74 Å². The van der Waals surface area contributed by atoms with E-state index in [9.17, 15) is 0 Å². The van der Waals surface area contributed by atoms with E-state index in [1.807, 2.05) is 0 Å². The third-order valence-corrected chi connectivity index (χ3v) is 4.02. The second-order valence-electron chi connectivity index (χ2n) is 5.03. The molecule has 1 atom stereocenters. The molecule has 1 saturated heterocycles. The van der Waals surface area contributed by atoms with E-state index in [2.05, 4.69) is 13.8 Å². The fourth-order valence-electron chi connectivity index (χ4n) is 2.62. The smallest absolute Gasteiger partial charge is 0.0702 e. The van der Waals surface area contributed by atoms with E-state index in [4.69, 9.17) is 16.3 Å². The highest BCUT2D eigenvalue weighted by atomic mass is 35.5. The van der Waals surface area contributed by atoms with E-state index in [0.29, 0.717) is 5.38 Å². The van der Waals surface area contributed by atoms with Crippen molar-refractivity contribution in [1.82, 2.24) is 0 Å². The summed E-state index contributed by atoms with van der Waals surface area (Å²) in [6.45, 7) is 5.48. The van der Waals surface area contributed by atoms with Crippen molar-refractivity contribution < 1.29 is 4.74 Å².